The van der Waals surface area contributed by atoms with Crippen LogP contribution in [-0.4, -0.2) is 11.6 Å². The van der Waals surface area contributed by atoms with Crippen molar-refractivity contribution >= 4 is 5.69 Å². The van der Waals surface area contributed by atoms with Crippen LogP contribution in [0.15, 0.2) is 12.3 Å². The van der Waals surface area contributed by atoms with Crippen LogP contribution in [0.4, 0.5) is 5.69 Å². The zero-order chi connectivity index (χ0) is 9.97. The number of hydrogen-bond donors (Lipinski definition) is 1. The van der Waals surface area contributed by atoms with Gasteiger partial charge in [-0.05, 0) is 25.3 Å². The third kappa shape index (κ3) is 2.37. The van der Waals surface area contributed by atoms with Crippen molar-refractivity contribution in [2.24, 2.45) is 5.92 Å². The summed E-state index contributed by atoms with van der Waals surface area (Å²) < 4.78 is 5.58. The van der Waals surface area contributed by atoms with Crippen molar-refractivity contribution < 1.29 is 4.74 Å². The second-order valence-electron chi connectivity index (χ2n) is 3.97. The molecule has 0 unspecified atom stereocenters. The molecule has 3 nitrogen and oxygen atoms in total. The van der Waals surface area contributed by atoms with E-state index in [1.54, 1.807) is 6.20 Å². The Balaban J connectivity index is 1.87. The van der Waals surface area contributed by atoms with Gasteiger partial charge in [-0.25, -0.2) is 4.98 Å². The van der Waals surface area contributed by atoms with E-state index >= 15 is 0 Å². The molecule has 0 spiro atoms. The standard InChI is InChI=1S/C11H16N2O/c1-8-6-10(12)7-13-11(8)14-5-4-9-2-3-9/h6-7,9H,2-5,12H2,1H3. The number of rotatable bonds is 4. The number of hydrogen-bond acceptors (Lipinski definition) is 3. The molecule has 0 aromatic carbocycles. The molecule has 14 heavy (non-hydrogen) atoms. The maximum atomic E-state index is 5.60. The van der Waals surface area contributed by atoms with E-state index in [9.17, 15) is 0 Å². The van der Waals surface area contributed by atoms with Crippen molar-refractivity contribution in [1.82, 2.24) is 4.98 Å². The molecule has 0 saturated heterocycles. The van der Waals surface area contributed by atoms with Gasteiger partial charge in [0.25, 0.3) is 0 Å². The molecule has 3 heteroatoms. The first-order valence-electron chi connectivity index (χ1n) is 5.10. The van der Waals surface area contributed by atoms with E-state index in [1.807, 2.05) is 13.0 Å². The summed E-state index contributed by atoms with van der Waals surface area (Å²) in [5, 5.41) is 0. The lowest BCUT2D eigenvalue weighted by Gasteiger charge is -2.07. The summed E-state index contributed by atoms with van der Waals surface area (Å²) in [6.07, 6.45) is 5.54. The maximum absolute atomic E-state index is 5.60. The minimum atomic E-state index is 0.692. The smallest absolute Gasteiger partial charge is 0.216 e. The number of nitrogens with two attached hydrogens (primary N) is 1. The zero-order valence-electron chi connectivity index (χ0n) is 8.49. The fourth-order valence-corrected chi connectivity index (χ4v) is 1.46. The molecule has 1 aromatic rings. The molecule has 0 bridgehead atoms. The predicted molar refractivity (Wildman–Crippen MR) is 56.2 cm³/mol. The number of aromatic nitrogens is 1. The number of nitrogen functional groups attached to an aromatic ring is 1. The number of anilines is 1. The van der Waals surface area contributed by atoms with Crippen LogP contribution in [-0.2, 0) is 0 Å². The molecular weight excluding hydrogens is 176 g/mol. The topological polar surface area (TPSA) is 48.1 Å². The van der Waals surface area contributed by atoms with E-state index in [0.29, 0.717) is 5.69 Å². The lowest BCUT2D eigenvalue weighted by atomic mass is 10.3. The number of ether oxygens (including phenoxy) is 1. The van der Waals surface area contributed by atoms with E-state index in [1.165, 1.54) is 12.8 Å². The zero-order valence-corrected chi connectivity index (χ0v) is 8.49. The van der Waals surface area contributed by atoms with Crippen molar-refractivity contribution in [2.45, 2.75) is 26.2 Å². The number of pyridine rings is 1. The van der Waals surface area contributed by atoms with E-state index < -0.39 is 0 Å². The van der Waals surface area contributed by atoms with Gasteiger partial charge in [-0.2, -0.15) is 0 Å². The summed E-state index contributed by atoms with van der Waals surface area (Å²) in [6, 6.07) is 1.89. The fraction of sp³-hybridized carbons (Fsp3) is 0.545. The van der Waals surface area contributed by atoms with Crippen LogP contribution in [0.1, 0.15) is 24.8 Å². The van der Waals surface area contributed by atoms with Crippen LogP contribution in [0.5, 0.6) is 5.88 Å². The first-order chi connectivity index (χ1) is 6.75. The largest absolute Gasteiger partial charge is 0.477 e. The first kappa shape index (κ1) is 9.31. The van der Waals surface area contributed by atoms with Crippen LogP contribution in [0, 0.1) is 12.8 Å². The average molecular weight is 192 g/mol. The quantitative estimate of drug-likeness (QED) is 0.795. The summed E-state index contributed by atoms with van der Waals surface area (Å²) in [4.78, 5) is 4.15. The highest BCUT2D eigenvalue weighted by Crippen LogP contribution is 2.32. The Hall–Kier alpha value is -1.25. The Morgan fingerprint density at radius 1 is 1.57 bits per heavy atom. The maximum Gasteiger partial charge on any atom is 0.216 e. The van der Waals surface area contributed by atoms with Crippen LogP contribution in [0.3, 0.4) is 0 Å². The SMILES string of the molecule is Cc1cc(N)cnc1OCCC1CC1. The normalized spacial score (nSPS) is 15.5. The van der Waals surface area contributed by atoms with E-state index in [4.69, 9.17) is 10.5 Å². The van der Waals surface area contributed by atoms with Gasteiger partial charge in [-0.15, -0.1) is 0 Å². The van der Waals surface area contributed by atoms with E-state index in [0.717, 1.165) is 30.4 Å². The molecule has 2 rings (SSSR count). The van der Waals surface area contributed by atoms with Crippen LogP contribution < -0.4 is 10.5 Å². The molecule has 2 N–H and O–H groups in total. The highest BCUT2D eigenvalue weighted by molar-refractivity contribution is 5.41. The summed E-state index contributed by atoms with van der Waals surface area (Å²) in [7, 11) is 0. The molecule has 0 amide bonds. The summed E-state index contributed by atoms with van der Waals surface area (Å²) >= 11 is 0. The van der Waals surface area contributed by atoms with Crippen LogP contribution >= 0.6 is 0 Å². The average Bonchev–Trinajstić information content (AvgIpc) is 2.92. The molecule has 1 aromatic heterocycles. The predicted octanol–water partition coefficient (Wildman–Crippen LogP) is 2.15. The molecule has 0 aliphatic heterocycles. The summed E-state index contributed by atoms with van der Waals surface area (Å²) in [6.45, 7) is 2.75. The number of aryl methyl sites for hydroxylation is 1. The van der Waals surface area contributed by atoms with Crippen LogP contribution in [0.2, 0.25) is 0 Å². The Morgan fingerprint density at radius 2 is 2.36 bits per heavy atom. The van der Waals surface area contributed by atoms with Crippen molar-refractivity contribution in [3.05, 3.63) is 17.8 Å². The van der Waals surface area contributed by atoms with Gasteiger partial charge >= 0.3 is 0 Å². The molecule has 1 saturated carbocycles. The Bertz CT molecular complexity index is 321. The Labute approximate surface area is 84.3 Å². The molecule has 1 aliphatic rings. The van der Waals surface area contributed by atoms with Gasteiger partial charge < -0.3 is 10.5 Å². The molecule has 0 atom stereocenters. The van der Waals surface area contributed by atoms with Gasteiger partial charge in [0.1, 0.15) is 0 Å². The van der Waals surface area contributed by atoms with Gasteiger partial charge in [-0.3, -0.25) is 0 Å². The molecule has 0 radical (unpaired) electrons. The summed E-state index contributed by atoms with van der Waals surface area (Å²) in [5.74, 6) is 1.63. The van der Waals surface area contributed by atoms with Crippen molar-refractivity contribution in [3.63, 3.8) is 0 Å². The lowest BCUT2D eigenvalue weighted by molar-refractivity contribution is 0.289. The molecule has 1 aliphatic carbocycles. The number of nitrogens with zero attached hydrogens (tertiary/aromatic N) is 1. The van der Waals surface area contributed by atoms with E-state index in [-0.39, 0.29) is 0 Å². The molecule has 76 valence electrons. The second kappa shape index (κ2) is 3.86. The first-order valence-corrected chi connectivity index (χ1v) is 5.10. The lowest BCUT2D eigenvalue weighted by Crippen LogP contribution is -2.02. The Morgan fingerprint density at radius 3 is 3.00 bits per heavy atom. The van der Waals surface area contributed by atoms with Gasteiger partial charge in [0.05, 0.1) is 18.5 Å². The minimum absolute atomic E-state index is 0.692. The highest BCUT2D eigenvalue weighted by Gasteiger charge is 2.20. The van der Waals surface area contributed by atoms with Gasteiger partial charge in [0, 0.05) is 5.56 Å². The van der Waals surface area contributed by atoms with Gasteiger partial charge in [0.15, 0.2) is 0 Å². The highest BCUT2D eigenvalue weighted by atomic mass is 16.5. The third-order valence-electron chi connectivity index (χ3n) is 2.51. The minimum Gasteiger partial charge on any atom is -0.477 e. The van der Waals surface area contributed by atoms with Crippen molar-refractivity contribution in [1.29, 1.82) is 0 Å². The Kier molecular flexibility index (Phi) is 2.57. The van der Waals surface area contributed by atoms with Crippen molar-refractivity contribution in [3.8, 4) is 5.88 Å². The fourth-order valence-electron chi connectivity index (χ4n) is 1.46. The van der Waals surface area contributed by atoms with Gasteiger partial charge in [-0.1, -0.05) is 12.8 Å². The van der Waals surface area contributed by atoms with E-state index in [2.05, 4.69) is 4.98 Å². The van der Waals surface area contributed by atoms with Crippen LogP contribution in [0.25, 0.3) is 0 Å². The molecular formula is C11H16N2O. The summed E-state index contributed by atoms with van der Waals surface area (Å²) in [5.41, 5.74) is 7.30. The van der Waals surface area contributed by atoms with Crippen molar-refractivity contribution in [2.75, 3.05) is 12.3 Å². The molecule has 1 heterocycles. The molecule has 1 fully saturated rings. The second-order valence-corrected chi connectivity index (χ2v) is 3.97. The van der Waals surface area contributed by atoms with Gasteiger partial charge in [0.2, 0.25) is 5.88 Å². The third-order valence-corrected chi connectivity index (χ3v) is 2.51. The monoisotopic (exact) mass is 192 g/mol.